The summed E-state index contributed by atoms with van der Waals surface area (Å²) >= 11 is 5.55. The van der Waals surface area contributed by atoms with Crippen molar-refractivity contribution in [2.75, 3.05) is 13.1 Å². The van der Waals surface area contributed by atoms with E-state index in [4.69, 9.17) is 16.1 Å². The Kier molecular flexibility index (Phi) is 2.28. The molecule has 1 aliphatic rings. The van der Waals surface area contributed by atoms with E-state index in [0.29, 0.717) is 11.8 Å². The zero-order chi connectivity index (χ0) is 8.39. The summed E-state index contributed by atoms with van der Waals surface area (Å²) in [5.41, 5.74) is 0. The summed E-state index contributed by atoms with van der Waals surface area (Å²) in [6.07, 6.45) is 2.11. The molecule has 0 aromatic carbocycles. The molecule has 1 saturated heterocycles. The summed E-state index contributed by atoms with van der Waals surface area (Å²) in [6, 6.07) is 0. The van der Waals surface area contributed by atoms with Gasteiger partial charge in [0, 0.05) is 5.92 Å². The van der Waals surface area contributed by atoms with Crippen LogP contribution in [0.15, 0.2) is 4.52 Å². The maximum atomic E-state index is 5.55. The standard InChI is InChI=1S/C7H10ClN3O/c8-7-10-6(12-11-7)5-1-3-9-4-2-5/h5,9H,1-4H2. The van der Waals surface area contributed by atoms with Crippen LogP contribution in [0, 0.1) is 0 Å². The fourth-order valence-electron chi connectivity index (χ4n) is 1.45. The highest BCUT2D eigenvalue weighted by Crippen LogP contribution is 2.23. The van der Waals surface area contributed by atoms with Crippen LogP contribution in [0.25, 0.3) is 0 Å². The largest absolute Gasteiger partial charge is 0.338 e. The van der Waals surface area contributed by atoms with Crippen LogP contribution >= 0.6 is 11.6 Å². The molecular weight excluding hydrogens is 178 g/mol. The van der Waals surface area contributed by atoms with Gasteiger partial charge in [0.25, 0.3) is 5.28 Å². The third-order valence-corrected chi connectivity index (χ3v) is 2.26. The minimum atomic E-state index is 0.212. The van der Waals surface area contributed by atoms with E-state index >= 15 is 0 Å². The van der Waals surface area contributed by atoms with Crippen molar-refractivity contribution in [2.45, 2.75) is 18.8 Å². The van der Waals surface area contributed by atoms with Gasteiger partial charge in [-0.2, -0.15) is 4.98 Å². The maximum absolute atomic E-state index is 5.55. The molecule has 1 aromatic heterocycles. The predicted molar refractivity (Wildman–Crippen MR) is 44.2 cm³/mol. The predicted octanol–water partition coefficient (Wildman–Crippen LogP) is 1.19. The van der Waals surface area contributed by atoms with E-state index in [2.05, 4.69) is 15.5 Å². The van der Waals surface area contributed by atoms with Gasteiger partial charge in [-0.1, -0.05) is 0 Å². The molecule has 0 bridgehead atoms. The van der Waals surface area contributed by atoms with Crippen molar-refractivity contribution in [3.05, 3.63) is 11.2 Å². The minimum Gasteiger partial charge on any atom is -0.338 e. The van der Waals surface area contributed by atoms with Gasteiger partial charge in [0.15, 0.2) is 0 Å². The van der Waals surface area contributed by atoms with E-state index in [-0.39, 0.29) is 5.28 Å². The summed E-state index contributed by atoms with van der Waals surface area (Å²) in [5.74, 6) is 1.08. The molecule has 1 aliphatic heterocycles. The Hall–Kier alpha value is -0.610. The van der Waals surface area contributed by atoms with Crippen LogP contribution < -0.4 is 5.32 Å². The van der Waals surface area contributed by atoms with Crippen molar-refractivity contribution in [3.8, 4) is 0 Å². The van der Waals surface area contributed by atoms with Gasteiger partial charge >= 0.3 is 0 Å². The van der Waals surface area contributed by atoms with E-state index in [1.54, 1.807) is 0 Å². The number of nitrogens with one attached hydrogen (secondary N) is 1. The molecule has 0 spiro atoms. The number of hydrogen-bond acceptors (Lipinski definition) is 4. The molecule has 0 aliphatic carbocycles. The number of hydrogen-bond donors (Lipinski definition) is 1. The molecule has 66 valence electrons. The first-order chi connectivity index (χ1) is 5.86. The van der Waals surface area contributed by atoms with Crippen LogP contribution in [-0.4, -0.2) is 23.2 Å². The number of piperidine rings is 1. The second kappa shape index (κ2) is 3.41. The lowest BCUT2D eigenvalue weighted by Gasteiger charge is -2.18. The molecule has 1 N–H and O–H groups in total. The second-order valence-corrected chi connectivity index (χ2v) is 3.26. The molecule has 2 rings (SSSR count). The molecule has 12 heavy (non-hydrogen) atoms. The molecule has 1 fully saturated rings. The van der Waals surface area contributed by atoms with Crippen molar-refractivity contribution in [2.24, 2.45) is 0 Å². The van der Waals surface area contributed by atoms with Gasteiger partial charge in [-0.15, -0.1) is 0 Å². The number of aromatic nitrogens is 2. The monoisotopic (exact) mass is 187 g/mol. The Morgan fingerprint density at radius 3 is 2.75 bits per heavy atom. The first kappa shape index (κ1) is 8.01. The summed E-state index contributed by atoms with van der Waals surface area (Å²) in [7, 11) is 0. The third kappa shape index (κ3) is 1.59. The fourth-order valence-corrected chi connectivity index (χ4v) is 1.57. The quantitative estimate of drug-likeness (QED) is 0.718. The fraction of sp³-hybridized carbons (Fsp3) is 0.714. The Morgan fingerprint density at radius 1 is 1.42 bits per heavy atom. The first-order valence-electron chi connectivity index (χ1n) is 4.06. The van der Waals surface area contributed by atoms with E-state index in [1.807, 2.05) is 0 Å². The number of halogens is 1. The Labute approximate surface area is 75.3 Å². The maximum Gasteiger partial charge on any atom is 0.263 e. The summed E-state index contributed by atoms with van der Waals surface area (Å²) < 4.78 is 4.98. The summed E-state index contributed by atoms with van der Waals surface area (Å²) in [6.45, 7) is 2.04. The highest BCUT2D eigenvalue weighted by molar-refractivity contribution is 6.28. The second-order valence-electron chi connectivity index (χ2n) is 2.93. The Balaban J connectivity index is 2.08. The van der Waals surface area contributed by atoms with Crippen LogP contribution in [0.2, 0.25) is 5.28 Å². The van der Waals surface area contributed by atoms with Gasteiger partial charge in [-0.05, 0) is 42.7 Å². The van der Waals surface area contributed by atoms with Gasteiger partial charge in [0.2, 0.25) is 5.89 Å². The lowest BCUT2D eigenvalue weighted by atomic mass is 9.98. The number of nitrogens with zero attached hydrogens (tertiary/aromatic N) is 2. The van der Waals surface area contributed by atoms with Crippen LogP contribution in [0.3, 0.4) is 0 Å². The van der Waals surface area contributed by atoms with E-state index < -0.39 is 0 Å². The van der Waals surface area contributed by atoms with Crippen LogP contribution in [0.1, 0.15) is 24.7 Å². The number of rotatable bonds is 1. The molecule has 0 unspecified atom stereocenters. The average Bonchev–Trinajstić information content (AvgIpc) is 2.54. The summed E-state index contributed by atoms with van der Waals surface area (Å²) in [5, 5.41) is 7.03. The van der Waals surface area contributed by atoms with Gasteiger partial charge in [-0.3, -0.25) is 0 Å². The zero-order valence-electron chi connectivity index (χ0n) is 6.59. The molecule has 0 atom stereocenters. The van der Waals surface area contributed by atoms with Crippen molar-refractivity contribution in [3.63, 3.8) is 0 Å². The molecule has 0 saturated carbocycles. The highest BCUT2D eigenvalue weighted by Gasteiger charge is 2.20. The minimum absolute atomic E-state index is 0.212. The third-order valence-electron chi connectivity index (χ3n) is 2.11. The zero-order valence-corrected chi connectivity index (χ0v) is 7.34. The van der Waals surface area contributed by atoms with Crippen LogP contribution in [0.5, 0.6) is 0 Å². The highest BCUT2D eigenvalue weighted by atomic mass is 35.5. The Morgan fingerprint density at radius 2 is 2.17 bits per heavy atom. The topological polar surface area (TPSA) is 51.0 Å². The van der Waals surface area contributed by atoms with Crippen LogP contribution in [-0.2, 0) is 0 Å². The molecule has 4 nitrogen and oxygen atoms in total. The molecule has 5 heteroatoms. The normalized spacial score (nSPS) is 19.8. The smallest absolute Gasteiger partial charge is 0.263 e. The first-order valence-corrected chi connectivity index (χ1v) is 4.44. The van der Waals surface area contributed by atoms with E-state index in [0.717, 1.165) is 25.9 Å². The summed E-state index contributed by atoms with van der Waals surface area (Å²) in [4.78, 5) is 3.99. The molecular formula is C7H10ClN3O. The van der Waals surface area contributed by atoms with Gasteiger partial charge in [0.05, 0.1) is 0 Å². The lowest BCUT2D eigenvalue weighted by molar-refractivity contribution is 0.320. The van der Waals surface area contributed by atoms with Crippen molar-refractivity contribution in [1.29, 1.82) is 0 Å². The molecule has 0 amide bonds. The van der Waals surface area contributed by atoms with E-state index in [1.165, 1.54) is 0 Å². The molecule has 1 aromatic rings. The van der Waals surface area contributed by atoms with Gasteiger partial charge in [-0.25, -0.2) is 0 Å². The van der Waals surface area contributed by atoms with Gasteiger partial charge in [0.1, 0.15) is 0 Å². The Bertz CT molecular complexity index is 257. The van der Waals surface area contributed by atoms with Crippen molar-refractivity contribution < 1.29 is 4.52 Å². The van der Waals surface area contributed by atoms with E-state index in [9.17, 15) is 0 Å². The van der Waals surface area contributed by atoms with Crippen molar-refractivity contribution in [1.82, 2.24) is 15.5 Å². The van der Waals surface area contributed by atoms with Crippen LogP contribution in [0.4, 0.5) is 0 Å². The SMILES string of the molecule is Clc1noc(C2CCNCC2)n1. The molecule has 2 heterocycles. The van der Waals surface area contributed by atoms with Gasteiger partial charge < -0.3 is 9.84 Å². The molecule has 0 radical (unpaired) electrons. The lowest BCUT2D eigenvalue weighted by Crippen LogP contribution is -2.26. The van der Waals surface area contributed by atoms with Crippen molar-refractivity contribution >= 4 is 11.6 Å². The average molecular weight is 188 g/mol.